The van der Waals surface area contributed by atoms with Crippen LogP contribution in [0.15, 0.2) is 10.7 Å². The summed E-state index contributed by atoms with van der Waals surface area (Å²) in [5.74, 6) is 0.277. The van der Waals surface area contributed by atoms with Crippen LogP contribution in [0.4, 0.5) is 0 Å². The summed E-state index contributed by atoms with van der Waals surface area (Å²) < 4.78 is 5.44. The van der Waals surface area contributed by atoms with Crippen LogP contribution in [0, 0.1) is 0 Å². The molecule has 1 aromatic rings. The molecule has 1 N–H and O–H groups in total. The number of nitrogens with one attached hydrogen (secondary N) is 1. The lowest BCUT2D eigenvalue weighted by Gasteiger charge is -2.27. The zero-order valence-electron chi connectivity index (χ0n) is 16.3. The van der Waals surface area contributed by atoms with Gasteiger partial charge in [-0.1, -0.05) is 33.6 Å². The lowest BCUT2D eigenvalue weighted by molar-refractivity contribution is -0.134. The van der Waals surface area contributed by atoms with Crippen molar-refractivity contribution in [2.24, 2.45) is 0 Å². The minimum Gasteiger partial charge on any atom is -0.446 e. The molecule has 0 aliphatic carbocycles. The number of rotatable bonds is 11. The molecule has 0 bridgehead atoms. The van der Waals surface area contributed by atoms with Crippen LogP contribution in [0.25, 0.3) is 0 Å². The van der Waals surface area contributed by atoms with Crippen molar-refractivity contribution < 1.29 is 14.0 Å². The van der Waals surface area contributed by atoms with Gasteiger partial charge >= 0.3 is 0 Å². The Bertz CT molecular complexity index is 542. The summed E-state index contributed by atoms with van der Waals surface area (Å²) in [6.07, 6.45) is 6.66. The fraction of sp³-hybridized carbons (Fsp3) is 0.737. The molecule has 0 aromatic carbocycles. The molecule has 0 fully saturated rings. The summed E-state index contributed by atoms with van der Waals surface area (Å²) in [5, 5.41) is 2.86. The molecule has 0 aliphatic rings. The number of unbranched alkanes of at least 4 members (excludes halogenated alkanes) is 2. The fourth-order valence-electron chi connectivity index (χ4n) is 2.41. The van der Waals surface area contributed by atoms with Gasteiger partial charge in [-0.25, -0.2) is 4.98 Å². The molecule has 6 heteroatoms. The van der Waals surface area contributed by atoms with E-state index in [0.29, 0.717) is 18.9 Å². The Labute approximate surface area is 151 Å². The molecule has 1 heterocycles. The van der Waals surface area contributed by atoms with E-state index < -0.39 is 0 Å². The molecule has 0 saturated carbocycles. The van der Waals surface area contributed by atoms with Crippen LogP contribution in [-0.2, 0) is 11.3 Å². The van der Waals surface area contributed by atoms with Gasteiger partial charge in [0.25, 0.3) is 5.91 Å². The van der Waals surface area contributed by atoms with E-state index in [1.807, 2.05) is 20.8 Å². The largest absolute Gasteiger partial charge is 0.446 e. The van der Waals surface area contributed by atoms with Crippen molar-refractivity contribution in [2.45, 2.75) is 91.8 Å². The fourth-order valence-corrected chi connectivity index (χ4v) is 2.41. The third-order valence-corrected chi connectivity index (χ3v) is 4.52. The van der Waals surface area contributed by atoms with Crippen LogP contribution >= 0.6 is 0 Å². The summed E-state index contributed by atoms with van der Waals surface area (Å²) in [6.45, 7) is 10.5. The summed E-state index contributed by atoms with van der Waals surface area (Å²) in [7, 11) is 0. The van der Waals surface area contributed by atoms with Gasteiger partial charge in [-0.2, -0.15) is 0 Å². The maximum absolute atomic E-state index is 12.5. The van der Waals surface area contributed by atoms with Gasteiger partial charge < -0.3 is 14.6 Å². The molecule has 2 atom stereocenters. The van der Waals surface area contributed by atoms with Crippen molar-refractivity contribution >= 4 is 11.8 Å². The first-order valence-electron chi connectivity index (χ1n) is 9.47. The molecule has 0 spiro atoms. The second-order valence-electron chi connectivity index (χ2n) is 6.65. The highest BCUT2D eigenvalue weighted by Crippen LogP contribution is 2.14. The average Bonchev–Trinajstić information content (AvgIpc) is 3.07. The van der Waals surface area contributed by atoms with Gasteiger partial charge in [0.2, 0.25) is 11.8 Å². The molecule has 0 aliphatic heterocycles. The van der Waals surface area contributed by atoms with E-state index in [4.69, 9.17) is 4.42 Å². The van der Waals surface area contributed by atoms with E-state index in [0.717, 1.165) is 32.1 Å². The van der Waals surface area contributed by atoms with Crippen molar-refractivity contribution in [3.05, 3.63) is 17.8 Å². The van der Waals surface area contributed by atoms with E-state index in [9.17, 15) is 9.59 Å². The average molecular weight is 351 g/mol. The van der Waals surface area contributed by atoms with Gasteiger partial charge in [0, 0.05) is 18.5 Å². The molecule has 6 nitrogen and oxygen atoms in total. The lowest BCUT2D eigenvalue weighted by atomic mass is 10.1. The highest BCUT2D eigenvalue weighted by atomic mass is 16.3. The highest BCUT2D eigenvalue weighted by molar-refractivity contribution is 5.92. The lowest BCUT2D eigenvalue weighted by Crippen LogP contribution is -2.37. The molecule has 0 radical (unpaired) electrons. The molecule has 2 amide bonds. The molecule has 25 heavy (non-hydrogen) atoms. The Balaban J connectivity index is 2.74. The van der Waals surface area contributed by atoms with E-state index in [1.54, 1.807) is 4.90 Å². The van der Waals surface area contributed by atoms with Gasteiger partial charge in [-0.05, 0) is 33.1 Å². The van der Waals surface area contributed by atoms with E-state index >= 15 is 0 Å². The Kier molecular flexibility index (Phi) is 9.24. The third-order valence-electron chi connectivity index (χ3n) is 4.52. The summed E-state index contributed by atoms with van der Waals surface area (Å²) >= 11 is 0. The maximum Gasteiger partial charge on any atom is 0.273 e. The first-order valence-corrected chi connectivity index (χ1v) is 9.47. The van der Waals surface area contributed by atoms with Gasteiger partial charge in [0.15, 0.2) is 5.69 Å². The first-order chi connectivity index (χ1) is 11.9. The minimum atomic E-state index is -0.242. The van der Waals surface area contributed by atoms with Crippen LogP contribution in [0.3, 0.4) is 0 Å². The second kappa shape index (κ2) is 10.9. The van der Waals surface area contributed by atoms with Crippen LogP contribution in [-0.4, -0.2) is 33.8 Å². The standard InChI is InChI=1S/C19H33N3O3/c1-6-9-10-11-18(23)22(15(5)8-3)12-17-21-16(13-25-17)19(24)20-14(4)7-2/h13-15H,6-12H2,1-5H3,(H,20,24)/t14-,15-/m0/s1. The Morgan fingerprint density at radius 3 is 2.52 bits per heavy atom. The van der Waals surface area contributed by atoms with Gasteiger partial charge in [-0.15, -0.1) is 0 Å². The number of hydrogen-bond donors (Lipinski definition) is 1. The second-order valence-corrected chi connectivity index (χ2v) is 6.65. The third kappa shape index (κ3) is 6.88. The van der Waals surface area contributed by atoms with Crippen molar-refractivity contribution in [2.75, 3.05) is 0 Å². The summed E-state index contributed by atoms with van der Waals surface area (Å²) in [6, 6.07) is 0.197. The Hall–Kier alpha value is -1.85. The predicted octanol–water partition coefficient (Wildman–Crippen LogP) is 3.91. The predicted molar refractivity (Wildman–Crippen MR) is 98.2 cm³/mol. The Morgan fingerprint density at radius 2 is 1.92 bits per heavy atom. The molecule has 1 aromatic heterocycles. The van der Waals surface area contributed by atoms with Crippen LogP contribution < -0.4 is 5.32 Å². The van der Waals surface area contributed by atoms with Crippen molar-refractivity contribution in [3.8, 4) is 0 Å². The number of aromatic nitrogens is 1. The smallest absolute Gasteiger partial charge is 0.273 e. The number of carbonyl (C=O) groups is 2. The normalized spacial score (nSPS) is 13.3. The van der Waals surface area contributed by atoms with E-state index in [-0.39, 0.29) is 29.6 Å². The molecular weight excluding hydrogens is 318 g/mol. The van der Waals surface area contributed by atoms with Gasteiger partial charge in [-0.3, -0.25) is 9.59 Å². The van der Waals surface area contributed by atoms with Crippen LogP contribution in [0.5, 0.6) is 0 Å². The Morgan fingerprint density at radius 1 is 1.20 bits per heavy atom. The topological polar surface area (TPSA) is 75.4 Å². The molecule has 0 saturated heterocycles. The summed E-state index contributed by atoms with van der Waals surface area (Å²) in [4.78, 5) is 30.7. The van der Waals surface area contributed by atoms with Crippen molar-refractivity contribution in [3.63, 3.8) is 0 Å². The number of oxazole rings is 1. The monoisotopic (exact) mass is 351 g/mol. The summed E-state index contributed by atoms with van der Waals surface area (Å²) in [5.41, 5.74) is 0.262. The number of amides is 2. The van der Waals surface area contributed by atoms with Gasteiger partial charge in [0.05, 0.1) is 6.54 Å². The van der Waals surface area contributed by atoms with Crippen LogP contribution in [0.2, 0.25) is 0 Å². The van der Waals surface area contributed by atoms with E-state index in [1.165, 1.54) is 6.26 Å². The van der Waals surface area contributed by atoms with Gasteiger partial charge in [0.1, 0.15) is 6.26 Å². The number of nitrogens with zero attached hydrogens (tertiary/aromatic N) is 2. The first kappa shape index (κ1) is 21.2. The molecule has 142 valence electrons. The minimum absolute atomic E-state index is 0.0874. The zero-order valence-corrected chi connectivity index (χ0v) is 16.3. The molecular formula is C19H33N3O3. The van der Waals surface area contributed by atoms with Crippen molar-refractivity contribution in [1.29, 1.82) is 0 Å². The highest BCUT2D eigenvalue weighted by Gasteiger charge is 2.22. The molecule has 1 rings (SSSR count). The quantitative estimate of drug-likeness (QED) is 0.613. The zero-order chi connectivity index (χ0) is 18.8. The molecule has 0 unspecified atom stereocenters. The maximum atomic E-state index is 12.5. The number of hydrogen-bond acceptors (Lipinski definition) is 4. The van der Waals surface area contributed by atoms with Crippen LogP contribution in [0.1, 0.15) is 89.5 Å². The van der Waals surface area contributed by atoms with Crippen molar-refractivity contribution in [1.82, 2.24) is 15.2 Å². The number of carbonyl (C=O) groups excluding carboxylic acids is 2. The van der Waals surface area contributed by atoms with E-state index in [2.05, 4.69) is 24.1 Å². The SMILES string of the molecule is CCCCCC(=O)N(Cc1nc(C(=O)N[C@@H](C)CC)co1)[C@@H](C)CC.